The summed E-state index contributed by atoms with van der Waals surface area (Å²) in [4.78, 5) is 50.7. The summed E-state index contributed by atoms with van der Waals surface area (Å²) in [6.07, 6.45) is 0. The number of para-hydroxylation sites is 1. The van der Waals surface area contributed by atoms with Crippen molar-refractivity contribution in [2.45, 2.75) is 0 Å². The van der Waals surface area contributed by atoms with Gasteiger partial charge in [0.2, 0.25) is 0 Å². The molecule has 4 aromatic rings. The molecule has 4 rings (SSSR count). The minimum Gasteiger partial charge on any atom is -0.465 e. The first-order valence-electron chi connectivity index (χ1n) is 10.8. The molecule has 1 aromatic heterocycles. The molecule has 0 radical (unpaired) electrons. The van der Waals surface area contributed by atoms with Gasteiger partial charge in [-0.05, 0) is 41.3 Å². The van der Waals surface area contributed by atoms with Crippen molar-refractivity contribution in [2.75, 3.05) is 19.0 Å². The van der Waals surface area contributed by atoms with Crippen LogP contribution in [0.15, 0.2) is 77.6 Å². The van der Waals surface area contributed by atoms with E-state index in [1.165, 1.54) is 30.9 Å². The third-order valence-electron chi connectivity index (χ3n) is 5.57. The number of carbonyl (C=O) groups excluding carboxylic acids is 3. The summed E-state index contributed by atoms with van der Waals surface area (Å²) in [6, 6.07) is 20.0. The number of fused-ring (bicyclic) bond motifs is 1. The second kappa shape index (κ2) is 10.5. The third-order valence-corrected chi connectivity index (χ3v) is 5.82. The Morgan fingerprint density at radius 3 is 2.22 bits per heavy atom. The zero-order valence-corrected chi connectivity index (χ0v) is 20.2. The van der Waals surface area contributed by atoms with Crippen molar-refractivity contribution in [1.82, 2.24) is 4.57 Å². The van der Waals surface area contributed by atoms with E-state index in [1.807, 2.05) is 0 Å². The number of pyridine rings is 1. The van der Waals surface area contributed by atoms with Crippen LogP contribution in [0, 0.1) is 0 Å². The van der Waals surface area contributed by atoms with Gasteiger partial charge in [0.25, 0.3) is 11.5 Å². The molecule has 9 heteroatoms. The monoisotopic (exact) mass is 504 g/mol. The van der Waals surface area contributed by atoms with Crippen LogP contribution in [0.4, 0.5) is 5.69 Å². The number of esters is 2. The predicted octanol–water partition coefficient (Wildman–Crippen LogP) is 4.44. The standard InChI is InChI=1S/C27H21ClN2O6/c1-30-24(27(34)36-15-22(31)29-21-10-6-5-9-20(21)26(33)35-2)23(16-11-13-17(28)14-12-16)18-7-3-4-8-19(18)25(30)32/h3-14H,15H2,1-2H3,(H,29,31). The Morgan fingerprint density at radius 2 is 1.53 bits per heavy atom. The number of ether oxygens (including phenoxy) is 2. The number of hydrogen-bond donors (Lipinski definition) is 1. The van der Waals surface area contributed by atoms with Gasteiger partial charge in [-0.3, -0.25) is 9.59 Å². The van der Waals surface area contributed by atoms with Gasteiger partial charge in [-0.25, -0.2) is 9.59 Å². The summed E-state index contributed by atoms with van der Waals surface area (Å²) < 4.78 is 11.2. The van der Waals surface area contributed by atoms with Crippen LogP contribution < -0.4 is 10.9 Å². The average Bonchev–Trinajstić information content (AvgIpc) is 2.89. The Labute approximate surface area is 211 Å². The number of halogens is 1. The van der Waals surface area contributed by atoms with Crippen molar-refractivity contribution in [3.63, 3.8) is 0 Å². The van der Waals surface area contributed by atoms with Crippen LogP contribution in [0.3, 0.4) is 0 Å². The second-order valence-corrected chi connectivity index (χ2v) is 8.24. The zero-order chi connectivity index (χ0) is 25.8. The molecular formula is C27H21ClN2O6. The third kappa shape index (κ3) is 4.85. The smallest absolute Gasteiger partial charge is 0.356 e. The van der Waals surface area contributed by atoms with Gasteiger partial charge >= 0.3 is 11.9 Å². The van der Waals surface area contributed by atoms with Gasteiger partial charge in [0, 0.05) is 23.0 Å². The maximum atomic E-state index is 13.2. The second-order valence-electron chi connectivity index (χ2n) is 7.80. The van der Waals surface area contributed by atoms with Crippen LogP contribution >= 0.6 is 11.6 Å². The molecule has 0 aliphatic heterocycles. The zero-order valence-electron chi connectivity index (χ0n) is 19.4. The van der Waals surface area contributed by atoms with Crippen molar-refractivity contribution in [3.8, 4) is 11.1 Å². The molecule has 182 valence electrons. The molecule has 0 saturated heterocycles. The lowest BCUT2D eigenvalue weighted by molar-refractivity contribution is -0.119. The lowest BCUT2D eigenvalue weighted by atomic mass is 9.97. The molecule has 1 amide bonds. The van der Waals surface area contributed by atoms with Crippen LogP contribution in [-0.4, -0.2) is 36.1 Å². The normalized spacial score (nSPS) is 10.6. The molecule has 36 heavy (non-hydrogen) atoms. The van der Waals surface area contributed by atoms with E-state index in [-0.39, 0.29) is 22.5 Å². The lowest BCUT2D eigenvalue weighted by Crippen LogP contribution is -2.28. The number of nitrogens with zero attached hydrogens (tertiary/aromatic N) is 1. The van der Waals surface area contributed by atoms with Crippen LogP contribution in [-0.2, 0) is 21.3 Å². The molecule has 1 N–H and O–H groups in total. The molecule has 0 aliphatic rings. The molecule has 1 heterocycles. The minimum absolute atomic E-state index is 0.0104. The maximum absolute atomic E-state index is 13.2. The summed E-state index contributed by atoms with van der Waals surface area (Å²) in [5.41, 5.74) is 1.10. The highest BCUT2D eigenvalue weighted by atomic mass is 35.5. The van der Waals surface area contributed by atoms with Gasteiger partial charge in [0.05, 0.1) is 18.4 Å². The largest absolute Gasteiger partial charge is 0.465 e. The minimum atomic E-state index is -0.860. The van der Waals surface area contributed by atoms with Crippen molar-refractivity contribution in [2.24, 2.45) is 7.05 Å². The fourth-order valence-electron chi connectivity index (χ4n) is 3.88. The van der Waals surface area contributed by atoms with Gasteiger partial charge < -0.3 is 19.4 Å². The van der Waals surface area contributed by atoms with Gasteiger partial charge in [0.1, 0.15) is 5.69 Å². The summed E-state index contributed by atoms with van der Waals surface area (Å²) in [5.74, 6) is -2.15. The van der Waals surface area contributed by atoms with Crippen LogP contribution in [0.25, 0.3) is 21.9 Å². The Bertz CT molecular complexity index is 1540. The lowest BCUT2D eigenvalue weighted by Gasteiger charge is -2.17. The first kappa shape index (κ1) is 24.7. The van der Waals surface area contributed by atoms with Crippen LogP contribution in [0.1, 0.15) is 20.8 Å². The summed E-state index contributed by atoms with van der Waals surface area (Å²) >= 11 is 6.05. The van der Waals surface area contributed by atoms with Crippen LogP contribution in [0.2, 0.25) is 5.02 Å². The summed E-state index contributed by atoms with van der Waals surface area (Å²) in [6.45, 7) is -0.643. The first-order chi connectivity index (χ1) is 17.3. The molecule has 0 fully saturated rings. The van der Waals surface area contributed by atoms with Crippen molar-refractivity contribution < 1.29 is 23.9 Å². The molecule has 0 spiro atoms. The molecule has 0 unspecified atom stereocenters. The van der Waals surface area contributed by atoms with Crippen molar-refractivity contribution in [3.05, 3.63) is 99.4 Å². The van der Waals surface area contributed by atoms with Gasteiger partial charge in [-0.1, -0.05) is 54.1 Å². The summed E-state index contributed by atoms with van der Waals surface area (Å²) in [5, 5.41) is 4.05. The number of carbonyl (C=O) groups is 3. The van der Waals surface area contributed by atoms with E-state index in [4.69, 9.17) is 21.1 Å². The predicted molar refractivity (Wildman–Crippen MR) is 136 cm³/mol. The average molecular weight is 505 g/mol. The van der Waals surface area contributed by atoms with Gasteiger partial charge in [-0.15, -0.1) is 0 Å². The topological polar surface area (TPSA) is 104 Å². The van der Waals surface area contributed by atoms with E-state index in [9.17, 15) is 19.2 Å². The highest BCUT2D eigenvalue weighted by molar-refractivity contribution is 6.30. The number of benzene rings is 3. The number of nitrogens with one attached hydrogen (secondary N) is 1. The van der Waals surface area contributed by atoms with E-state index in [0.29, 0.717) is 26.9 Å². The molecule has 8 nitrogen and oxygen atoms in total. The first-order valence-corrected chi connectivity index (χ1v) is 11.2. The fourth-order valence-corrected chi connectivity index (χ4v) is 4.00. The van der Waals surface area contributed by atoms with Gasteiger partial charge in [-0.2, -0.15) is 0 Å². The molecule has 0 atom stereocenters. The number of hydrogen-bond acceptors (Lipinski definition) is 6. The Balaban J connectivity index is 1.67. The summed E-state index contributed by atoms with van der Waals surface area (Å²) in [7, 11) is 2.70. The molecule has 0 saturated carbocycles. The number of rotatable bonds is 6. The SMILES string of the molecule is COC(=O)c1ccccc1NC(=O)COC(=O)c1c(-c2ccc(Cl)cc2)c2ccccc2c(=O)n1C. The van der Waals surface area contributed by atoms with E-state index >= 15 is 0 Å². The molecule has 0 bridgehead atoms. The number of methoxy groups -OCH3 is 1. The Kier molecular flexibility index (Phi) is 7.17. The van der Waals surface area contributed by atoms with Crippen molar-refractivity contribution >= 4 is 45.9 Å². The Hall–Kier alpha value is -4.43. The number of amides is 1. The number of aromatic nitrogens is 1. The molecule has 0 aliphatic carbocycles. The molecular weight excluding hydrogens is 484 g/mol. The quantitative estimate of drug-likeness (QED) is 0.389. The van der Waals surface area contributed by atoms with E-state index < -0.39 is 24.5 Å². The van der Waals surface area contributed by atoms with Crippen LogP contribution in [0.5, 0.6) is 0 Å². The molecule has 3 aromatic carbocycles. The number of anilines is 1. The van der Waals surface area contributed by atoms with E-state index in [0.717, 1.165) is 0 Å². The maximum Gasteiger partial charge on any atom is 0.356 e. The highest BCUT2D eigenvalue weighted by Gasteiger charge is 2.24. The van der Waals surface area contributed by atoms with E-state index in [1.54, 1.807) is 60.7 Å². The Morgan fingerprint density at radius 1 is 0.889 bits per heavy atom. The fraction of sp³-hybridized carbons (Fsp3) is 0.111. The van der Waals surface area contributed by atoms with E-state index in [2.05, 4.69) is 5.32 Å². The highest BCUT2D eigenvalue weighted by Crippen LogP contribution is 2.31. The van der Waals surface area contributed by atoms with Crippen molar-refractivity contribution in [1.29, 1.82) is 0 Å². The van der Waals surface area contributed by atoms with Gasteiger partial charge in [0.15, 0.2) is 6.61 Å².